The molecule has 25 heavy (non-hydrogen) atoms. The van der Waals surface area contributed by atoms with Crippen molar-refractivity contribution >= 4 is 11.7 Å². The van der Waals surface area contributed by atoms with E-state index in [-0.39, 0.29) is 12.1 Å². The Balaban J connectivity index is 1.55. The van der Waals surface area contributed by atoms with E-state index in [1.54, 1.807) is 6.92 Å². The van der Waals surface area contributed by atoms with Gasteiger partial charge in [0.2, 0.25) is 5.89 Å². The summed E-state index contributed by atoms with van der Waals surface area (Å²) >= 11 is 0. The molecule has 1 aliphatic rings. The van der Waals surface area contributed by atoms with Gasteiger partial charge in [-0.3, -0.25) is 0 Å². The highest BCUT2D eigenvalue weighted by Crippen LogP contribution is 2.25. The number of aryl methyl sites for hydroxylation is 2. The van der Waals surface area contributed by atoms with Crippen LogP contribution in [0.2, 0.25) is 0 Å². The Morgan fingerprint density at radius 2 is 2.20 bits per heavy atom. The number of urea groups is 1. The number of carbonyl (C=O) groups is 1. The van der Waals surface area contributed by atoms with Gasteiger partial charge in [0.25, 0.3) is 0 Å². The number of nitrogens with zero attached hydrogens (tertiary/aromatic N) is 4. The molecule has 1 aromatic heterocycles. The van der Waals surface area contributed by atoms with Crippen LogP contribution in [0.15, 0.2) is 28.8 Å². The number of benzene rings is 1. The standard InChI is InChI=1S/C18H25N5O2/c1-13-11-22(3)16-8-5-4-7-15(16)12-23(13)18(24)19-10-6-9-17-20-14(2)21-25-17/h4-5,7-8,13H,6,9-12H2,1-3H3,(H,19,24)/t13-/m0/s1. The number of carbonyl (C=O) groups excluding carboxylic acids is 1. The molecule has 0 spiro atoms. The van der Waals surface area contributed by atoms with Gasteiger partial charge in [0.1, 0.15) is 0 Å². The van der Waals surface area contributed by atoms with E-state index < -0.39 is 0 Å². The molecule has 1 atom stereocenters. The molecule has 134 valence electrons. The van der Waals surface area contributed by atoms with Gasteiger partial charge in [0, 0.05) is 44.8 Å². The lowest BCUT2D eigenvalue weighted by Crippen LogP contribution is -2.47. The Morgan fingerprint density at radius 3 is 2.96 bits per heavy atom. The number of aromatic nitrogens is 2. The largest absolute Gasteiger partial charge is 0.372 e. The van der Waals surface area contributed by atoms with E-state index in [9.17, 15) is 4.79 Å². The lowest BCUT2D eigenvalue weighted by Gasteiger charge is -2.28. The molecule has 0 unspecified atom stereocenters. The van der Waals surface area contributed by atoms with E-state index in [1.807, 2.05) is 17.0 Å². The fraction of sp³-hybridized carbons (Fsp3) is 0.500. The predicted molar refractivity (Wildman–Crippen MR) is 95.5 cm³/mol. The number of rotatable bonds is 4. The second-order valence-corrected chi connectivity index (χ2v) is 6.56. The van der Waals surface area contributed by atoms with E-state index in [0.717, 1.165) is 13.0 Å². The maximum atomic E-state index is 12.6. The van der Waals surface area contributed by atoms with Gasteiger partial charge in [-0.05, 0) is 31.9 Å². The summed E-state index contributed by atoms with van der Waals surface area (Å²) in [5, 5.41) is 6.78. The van der Waals surface area contributed by atoms with Gasteiger partial charge in [0.05, 0.1) is 0 Å². The fourth-order valence-electron chi connectivity index (χ4n) is 3.20. The minimum Gasteiger partial charge on any atom is -0.372 e. The van der Waals surface area contributed by atoms with Crippen LogP contribution in [0.1, 0.15) is 30.6 Å². The number of hydrogen-bond acceptors (Lipinski definition) is 5. The molecular formula is C18H25N5O2. The third kappa shape index (κ3) is 4.10. The molecule has 2 amide bonds. The Bertz CT molecular complexity index is 730. The smallest absolute Gasteiger partial charge is 0.318 e. The molecule has 7 heteroatoms. The Morgan fingerprint density at radius 1 is 1.40 bits per heavy atom. The average molecular weight is 343 g/mol. The van der Waals surface area contributed by atoms with Gasteiger partial charge in [-0.1, -0.05) is 23.4 Å². The highest BCUT2D eigenvalue weighted by atomic mass is 16.5. The first-order valence-electron chi connectivity index (χ1n) is 8.67. The summed E-state index contributed by atoms with van der Waals surface area (Å²) in [6.45, 7) is 5.90. The first-order valence-corrected chi connectivity index (χ1v) is 8.67. The second kappa shape index (κ2) is 7.55. The summed E-state index contributed by atoms with van der Waals surface area (Å²) < 4.78 is 5.08. The lowest BCUT2D eigenvalue weighted by molar-refractivity contribution is 0.178. The van der Waals surface area contributed by atoms with Crippen LogP contribution in [0, 0.1) is 6.92 Å². The van der Waals surface area contributed by atoms with E-state index in [0.29, 0.717) is 31.2 Å². The van der Waals surface area contributed by atoms with E-state index in [1.165, 1.54) is 11.3 Å². The molecule has 1 aliphatic heterocycles. The molecule has 1 N–H and O–H groups in total. The number of para-hydroxylation sites is 1. The molecule has 2 heterocycles. The summed E-state index contributed by atoms with van der Waals surface area (Å²) in [4.78, 5) is 20.9. The molecular weight excluding hydrogens is 318 g/mol. The van der Waals surface area contributed by atoms with Gasteiger partial charge in [-0.2, -0.15) is 4.98 Å². The molecule has 0 saturated heterocycles. The number of amides is 2. The van der Waals surface area contributed by atoms with Crippen molar-refractivity contribution in [3.8, 4) is 0 Å². The summed E-state index contributed by atoms with van der Waals surface area (Å²) in [6.07, 6.45) is 1.44. The van der Waals surface area contributed by atoms with Crippen molar-refractivity contribution in [2.75, 3.05) is 25.0 Å². The summed E-state index contributed by atoms with van der Waals surface area (Å²) in [7, 11) is 2.07. The first-order chi connectivity index (χ1) is 12.0. The van der Waals surface area contributed by atoms with Crippen molar-refractivity contribution in [2.24, 2.45) is 0 Å². The van der Waals surface area contributed by atoms with Crippen molar-refractivity contribution in [1.82, 2.24) is 20.4 Å². The van der Waals surface area contributed by atoms with Crippen LogP contribution in [-0.2, 0) is 13.0 Å². The van der Waals surface area contributed by atoms with Crippen molar-refractivity contribution in [2.45, 2.75) is 39.3 Å². The topological polar surface area (TPSA) is 74.5 Å². The van der Waals surface area contributed by atoms with Gasteiger partial charge in [-0.15, -0.1) is 0 Å². The molecule has 3 rings (SSSR count). The molecule has 2 aromatic rings. The Kier molecular flexibility index (Phi) is 5.21. The van der Waals surface area contributed by atoms with E-state index in [4.69, 9.17) is 4.52 Å². The Labute approximate surface area is 148 Å². The lowest BCUT2D eigenvalue weighted by atomic mass is 10.1. The zero-order valence-corrected chi connectivity index (χ0v) is 15.0. The molecule has 0 fully saturated rings. The van der Waals surface area contributed by atoms with Crippen LogP contribution in [0.5, 0.6) is 0 Å². The predicted octanol–water partition coefficient (Wildman–Crippen LogP) is 2.36. The average Bonchev–Trinajstić information content (AvgIpc) is 2.96. The van der Waals surface area contributed by atoms with Crippen molar-refractivity contribution in [3.63, 3.8) is 0 Å². The minimum absolute atomic E-state index is 0.0284. The van der Waals surface area contributed by atoms with Crippen molar-refractivity contribution in [3.05, 3.63) is 41.5 Å². The molecule has 7 nitrogen and oxygen atoms in total. The van der Waals surface area contributed by atoms with E-state index >= 15 is 0 Å². The van der Waals surface area contributed by atoms with Gasteiger partial charge in [0.15, 0.2) is 5.82 Å². The summed E-state index contributed by atoms with van der Waals surface area (Å²) in [6, 6.07) is 8.35. The van der Waals surface area contributed by atoms with Crippen LogP contribution in [0.3, 0.4) is 0 Å². The van der Waals surface area contributed by atoms with Crippen LogP contribution >= 0.6 is 0 Å². The van der Waals surface area contributed by atoms with Gasteiger partial charge >= 0.3 is 6.03 Å². The van der Waals surface area contributed by atoms with E-state index in [2.05, 4.69) is 46.5 Å². The van der Waals surface area contributed by atoms with Crippen molar-refractivity contribution in [1.29, 1.82) is 0 Å². The SMILES string of the molecule is Cc1noc(CCCNC(=O)N2Cc3ccccc3N(C)C[C@@H]2C)n1. The quantitative estimate of drug-likeness (QED) is 0.863. The van der Waals surface area contributed by atoms with Crippen LogP contribution in [0.4, 0.5) is 10.5 Å². The maximum Gasteiger partial charge on any atom is 0.318 e. The zero-order chi connectivity index (χ0) is 17.8. The fourth-order valence-corrected chi connectivity index (χ4v) is 3.20. The van der Waals surface area contributed by atoms with Crippen LogP contribution in [0.25, 0.3) is 0 Å². The number of nitrogens with one attached hydrogen (secondary N) is 1. The highest BCUT2D eigenvalue weighted by molar-refractivity contribution is 5.75. The third-order valence-corrected chi connectivity index (χ3v) is 4.49. The number of likely N-dealkylation sites (N-methyl/N-ethyl adjacent to an activating group) is 1. The van der Waals surface area contributed by atoms with Crippen LogP contribution in [-0.4, -0.2) is 47.3 Å². The normalized spacial score (nSPS) is 17.2. The van der Waals surface area contributed by atoms with Gasteiger partial charge in [-0.25, -0.2) is 4.79 Å². The molecule has 0 bridgehead atoms. The number of anilines is 1. The second-order valence-electron chi connectivity index (χ2n) is 6.56. The summed E-state index contributed by atoms with van der Waals surface area (Å²) in [5.41, 5.74) is 2.36. The number of hydrogen-bond donors (Lipinski definition) is 1. The summed E-state index contributed by atoms with van der Waals surface area (Å²) in [5.74, 6) is 1.26. The van der Waals surface area contributed by atoms with Gasteiger partial charge < -0.3 is 19.6 Å². The zero-order valence-electron chi connectivity index (χ0n) is 15.0. The number of fused-ring (bicyclic) bond motifs is 1. The van der Waals surface area contributed by atoms with Crippen LogP contribution < -0.4 is 10.2 Å². The maximum absolute atomic E-state index is 12.6. The minimum atomic E-state index is -0.0284. The molecule has 0 aliphatic carbocycles. The first kappa shape index (κ1) is 17.3. The Hall–Kier alpha value is -2.57. The third-order valence-electron chi connectivity index (χ3n) is 4.49. The molecule has 0 radical (unpaired) electrons. The van der Waals surface area contributed by atoms with Crippen molar-refractivity contribution < 1.29 is 9.32 Å². The monoisotopic (exact) mass is 343 g/mol. The highest BCUT2D eigenvalue weighted by Gasteiger charge is 2.26. The molecule has 0 saturated carbocycles. The molecule has 1 aromatic carbocycles.